The molecule has 1 saturated carbocycles. The predicted octanol–water partition coefficient (Wildman–Crippen LogP) is 2.76. The van der Waals surface area contributed by atoms with Crippen molar-refractivity contribution in [2.24, 2.45) is 5.92 Å². The van der Waals surface area contributed by atoms with Crippen LogP contribution in [0.15, 0.2) is 23.4 Å². The maximum Gasteiger partial charge on any atom is 0.260 e. The molecule has 1 heterocycles. The van der Waals surface area contributed by atoms with Crippen molar-refractivity contribution >= 4 is 15.7 Å². The Balaban J connectivity index is 2.13. The summed E-state index contributed by atoms with van der Waals surface area (Å²) in [5, 5.41) is 3.24. The Morgan fingerprint density at radius 1 is 1.38 bits per heavy atom. The molecule has 0 bridgehead atoms. The van der Waals surface area contributed by atoms with Crippen LogP contribution in [0.5, 0.6) is 0 Å². The maximum absolute atomic E-state index is 12.6. The molecule has 0 spiro atoms. The number of anilines is 1. The fraction of sp³-hybridized carbons (Fsp3) is 0.667. The fourth-order valence-corrected chi connectivity index (χ4v) is 3.77. The monoisotopic (exact) mass is 311 g/mol. The van der Waals surface area contributed by atoms with Crippen LogP contribution in [-0.2, 0) is 10.0 Å². The molecule has 1 fully saturated rings. The lowest BCUT2D eigenvalue weighted by Gasteiger charge is -2.18. The van der Waals surface area contributed by atoms with Gasteiger partial charge in [-0.15, -0.1) is 0 Å². The summed E-state index contributed by atoms with van der Waals surface area (Å²) in [6.07, 6.45) is 6.64. The van der Waals surface area contributed by atoms with Gasteiger partial charge in [-0.3, -0.25) is 0 Å². The van der Waals surface area contributed by atoms with Crippen molar-refractivity contribution in [1.29, 1.82) is 0 Å². The number of pyridine rings is 1. The molecule has 0 aliphatic heterocycles. The van der Waals surface area contributed by atoms with E-state index in [0.717, 1.165) is 25.8 Å². The molecule has 1 aromatic heterocycles. The third-order valence-corrected chi connectivity index (χ3v) is 5.20. The molecule has 0 saturated heterocycles. The van der Waals surface area contributed by atoms with Gasteiger partial charge in [-0.1, -0.05) is 26.7 Å². The molecule has 1 atom stereocenters. The maximum atomic E-state index is 12.6. The van der Waals surface area contributed by atoms with Crippen LogP contribution in [0.25, 0.3) is 0 Å². The molecule has 0 amide bonds. The van der Waals surface area contributed by atoms with Crippen molar-refractivity contribution in [3.8, 4) is 0 Å². The van der Waals surface area contributed by atoms with Crippen molar-refractivity contribution in [2.45, 2.75) is 57.0 Å². The summed E-state index contributed by atoms with van der Waals surface area (Å²) in [6.45, 7) is 4.79. The molecule has 1 aromatic rings. The lowest BCUT2D eigenvalue weighted by atomic mass is 10.1. The Kier molecular flexibility index (Phi) is 5.58. The summed E-state index contributed by atoms with van der Waals surface area (Å²) in [5.74, 6) is 0.694. The summed E-state index contributed by atoms with van der Waals surface area (Å²) >= 11 is 0. The molecule has 6 heteroatoms. The normalized spacial score (nSPS) is 16.7. The molecular weight excluding hydrogens is 286 g/mol. The number of rotatable bonds is 9. The molecule has 21 heavy (non-hydrogen) atoms. The van der Waals surface area contributed by atoms with E-state index < -0.39 is 10.0 Å². The van der Waals surface area contributed by atoms with E-state index in [4.69, 9.17) is 0 Å². The first-order chi connectivity index (χ1) is 10.1. The molecule has 0 radical (unpaired) electrons. The SMILES string of the molecule is CCCNc1cccnc1S(=O)(=O)NC(CC)CC1CC1. The summed E-state index contributed by atoms with van der Waals surface area (Å²) in [4.78, 5) is 4.07. The van der Waals surface area contributed by atoms with Crippen molar-refractivity contribution < 1.29 is 8.42 Å². The van der Waals surface area contributed by atoms with Gasteiger partial charge in [-0.2, -0.15) is 0 Å². The molecule has 0 aromatic carbocycles. The van der Waals surface area contributed by atoms with Gasteiger partial charge in [-0.05, 0) is 37.3 Å². The van der Waals surface area contributed by atoms with E-state index in [-0.39, 0.29) is 11.1 Å². The van der Waals surface area contributed by atoms with E-state index in [0.29, 0.717) is 11.6 Å². The summed E-state index contributed by atoms with van der Waals surface area (Å²) in [5.41, 5.74) is 0.577. The molecule has 2 rings (SSSR count). The first-order valence-corrected chi connectivity index (χ1v) is 9.26. The third kappa shape index (κ3) is 4.68. The second-order valence-electron chi connectivity index (χ2n) is 5.69. The van der Waals surface area contributed by atoms with Gasteiger partial charge >= 0.3 is 0 Å². The van der Waals surface area contributed by atoms with E-state index in [1.807, 2.05) is 13.8 Å². The first-order valence-electron chi connectivity index (χ1n) is 7.78. The first kappa shape index (κ1) is 16.2. The third-order valence-electron chi connectivity index (χ3n) is 3.72. The minimum Gasteiger partial charge on any atom is -0.383 e. The topological polar surface area (TPSA) is 71.1 Å². The van der Waals surface area contributed by atoms with Gasteiger partial charge in [0.2, 0.25) is 0 Å². The molecule has 1 unspecified atom stereocenters. The highest BCUT2D eigenvalue weighted by molar-refractivity contribution is 7.89. The van der Waals surface area contributed by atoms with Crippen LogP contribution in [0.4, 0.5) is 5.69 Å². The van der Waals surface area contributed by atoms with Gasteiger partial charge in [0.1, 0.15) is 0 Å². The lowest BCUT2D eigenvalue weighted by Crippen LogP contribution is -2.35. The lowest BCUT2D eigenvalue weighted by molar-refractivity contribution is 0.494. The minimum absolute atomic E-state index is 0.00327. The van der Waals surface area contributed by atoms with Crippen LogP contribution in [0.2, 0.25) is 0 Å². The van der Waals surface area contributed by atoms with Crippen LogP contribution in [0, 0.1) is 5.92 Å². The van der Waals surface area contributed by atoms with Crippen LogP contribution in [0.1, 0.15) is 46.0 Å². The predicted molar refractivity (Wildman–Crippen MR) is 84.8 cm³/mol. The zero-order valence-electron chi connectivity index (χ0n) is 12.8. The molecule has 1 aliphatic rings. The Hall–Kier alpha value is -1.14. The van der Waals surface area contributed by atoms with E-state index in [1.54, 1.807) is 12.1 Å². The smallest absolute Gasteiger partial charge is 0.260 e. The van der Waals surface area contributed by atoms with Crippen molar-refractivity contribution in [2.75, 3.05) is 11.9 Å². The van der Waals surface area contributed by atoms with E-state index >= 15 is 0 Å². The number of sulfonamides is 1. The Bertz CT molecular complexity index is 556. The molecule has 118 valence electrons. The zero-order chi connectivity index (χ0) is 15.3. The number of hydrogen-bond acceptors (Lipinski definition) is 4. The second kappa shape index (κ2) is 7.22. The van der Waals surface area contributed by atoms with E-state index in [2.05, 4.69) is 15.0 Å². The van der Waals surface area contributed by atoms with Crippen molar-refractivity contribution in [1.82, 2.24) is 9.71 Å². The summed E-state index contributed by atoms with van der Waals surface area (Å²) < 4.78 is 28.0. The van der Waals surface area contributed by atoms with Gasteiger partial charge in [-0.25, -0.2) is 18.1 Å². The molecule has 1 aliphatic carbocycles. The molecule has 2 N–H and O–H groups in total. The van der Waals surface area contributed by atoms with Gasteiger partial charge in [0.25, 0.3) is 10.0 Å². The van der Waals surface area contributed by atoms with Gasteiger partial charge in [0, 0.05) is 18.8 Å². The second-order valence-corrected chi connectivity index (χ2v) is 7.32. The van der Waals surface area contributed by atoms with Gasteiger partial charge < -0.3 is 5.32 Å². The number of aromatic nitrogens is 1. The van der Waals surface area contributed by atoms with Crippen LogP contribution in [0.3, 0.4) is 0 Å². The molecular formula is C15H25N3O2S. The average molecular weight is 311 g/mol. The highest BCUT2D eigenvalue weighted by Gasteiger charge is 2.29. The van der Waals surface area contributed by atoms with Crippen molar-refractivity contribution in [3.63, 3.8) is 0 Å². The zero-order valence-corrected chi connectivity index (χ0v) is 13.6. The van der Waals surface area contributed by atoms with Crippen LogP contribution in [-0.4, -0.2) is 26.0 Å². The highest BCUT2D eigenvalue weighted by Crippen LogP contribution is 2.34. The molecule has 5 nitrogen and oxygen atoms in total. The fourth-order valence-electron chi connectivity index (χ4n) is 2.33. The highest BCUT2D eigenvalue weighted by atomic mass is 32.2. The van der Waals surface area contributed by atoms with Gasteiger partial charge in [0.15, 0.2) is 5.03 Å². The summed E-state index contributed by atoms with van der Waals surface area (Å²) in [7, 11) is -3.57. The largest absolute Gasteiger partial charge is 0.383 e. The number of nitrogens with one attached hydrogen (secondary N) is 2. The number of hydrogen-bond donors (Lipinski definition) is 2. The Morgan fingerprint density at radius 3 is 2.76 bits per heavy atom. The van der Waals surface area contributed by atoms with Crippen LogP contribution >= 0.6 is 0 Å². The standard InChI is InChI=1S/C15H25N3O2S/c1-3-9-16-14-6-5-10-17-15(14)21(19,20)18-13(4-2)11-12-7-8-12/h5-6,10,12-13,16,18H,3-4,7-9,11H2,1-2H3. The Morgan fingerprint density at radius 2 is 2.14 bits per heavy atom. The van der Waals surface area contributed by atoms with E-state index in [1.165, 1.54) is 19.0 Å². The number of nitrogens with zero attached hydrogens (tertiary/aromatic N) is 1. The van der Waals surface area contributed by atoms with Gasteiger partial charge in [0.05, 0.1) is 5.69 Å². The summed E-state index contributed by atoms with van der Waals surface area (Å²) in [6, 6.07) is 3.51. The average Bonchev–Trinajstić information content (AvgIpc) is 3.28. The Labute approximate surface area is 127 Å². The van der Waals surface area contributed by atoms with E-state index in [9.17, 15) is 8.42 Å². The van der Waals surface area contributed by atoms with Crippen LogP contribution < -0.4 is 10.0 Å². The van der Waals surface area contributed by atoms with Crippen molar-refractivity contribution in [3.05, 3.63) is 18.3 Å². The quantitative estimate of drug-likeness (QED) is 0.735. The minimum atomic E-state index is -3.57.